The van der Waals surface area contributed by atoms with Crippen LogP contribution in [0.25, 0.3) is 10.6 Å². The molecule has 1 atom stereocenters. The molecule has 0 fully saturated rings. The minimum atomic E-state index is -0.938. The summed E-state index contributed by atoms with van der Waals surface area (Å²) < 4.78 is 6.66. The van der Waals surface area contributed by atoms with Crippen molar-refractivity contribution in [3.05, 3.63) is 57.9 Å². The molecule has 0 bridgehead atoms. The van der Waals surface area contributed by atoms with Crippen LogP contribution in [-0.2, 0) is 17.6 Å². The molecule has 0 saturated heterocycles. The van der Waals surface area contributed by atoms with Crippen LogP contribution in [0.2, 0.25) is 4.34 Å². The highest BCUT2D eigenvalue weighted by Crippen LogP contribution is 2.41. The van der Waals surface area contributed by atoms with Crippen molar-refractivity contribution in [2.45, 2.75) is 18.9 Å². The number of para-hydroxylation sites is 1. The van der Waals surface area contributed by atoms with Crippen LogP contribution in [-0.4, -0.2) is 23.1 Å². The fourth-order valence-electron chi connectivity index (χ4n) is 3.20. The van der Waals surface area contributed by atoms with E-state index in [0.29, 0.717) is 21.7 Å². The Morgan fingerprint density at radius 1 is 1.40 bits per heavy atom. The number of halogens is 1. The van der Waals surface area contributed by atoms with Gasteiger partial charge in [-0.2, -0.15) is 0 Å². The first-order chi connectivity index (χ1) is 12.0. The van der Waals surface area contributed by atoms with Gasteiger partial charge in [-0.1, -0.05) is 29.8 Å². The molecule has 0 aliphatic carbocycles. The summed E-state index contributed by atoms with van der Waals surface area (Å²) in [5.74, 6) is 0.0972. The van der Waals surface area contributed by atoms with Gasteiger partial charge in [0.05, 0.1) is 21.3 Å². The molecule has 25 heavy (non-hydrogen) atoms. The van der Waals surface area contributed by atoms with Crippen molar-refractivity contribution >= 4 is 34.6 Å². The third-order valence-corrected chi connectivity index (χ3v) is 5.60. The topological polar surface area (TPSA) is 66.6 Å². The minimum absolute atomic E-state index is 0.0471. The summed E-state index contributed by atoms with van der Waals surface area (Å²) in [6.45, 7) is 0. The maximum Gasteiger partial charge on any atom is 0.309 e. The Labute approximate surface area is 153 Å². The van der Waals surface area contributed by atoms with Gasteiger partial charge in [-0.15, -0.1) is 11.3 Å². The quantitative estimate of drug-likeness (QED) is 0.732. The van der Waals surface area contributed by atoms with Gasteiger partial charge in [0.15, 0.2) is 5.76 Å². The number of oxazole rings is 1. The van der Waals surface area contributed by atoms with Gasteiger partial charge in [-0.3, -0.25) is 4.79 Å². The third-order valence-electron chi connectivity index (χ3n) is 4.37. The zero-order chi connectivity index (χ0) is 17.6. The Morgan fingerprint density at radius 3 is 2.88 bits per heavy atom. The van der Waals surface area contributed by atoms with Gasteiger partial charge in [0.2, 0.25) is 5.89 Å². The summed E-state index contributed by atoms with van der Waals surface area (Å²) in [6.07, 6.45) is 0.599. The third kappa shape index (κ3) is 2.92. The molecule has 4 rings (SSSR count). The van der Waals surface area contributed by atoms with Gasteiger partial charge < -0.3 is 14.4 Å². The van der Waals surface area contributed by atoms with Gasteiger partial charge in [0.25, 0.3) is 0 Å². The van der Waals surface area contributed by atoms with E-state index in [4.69, 9.17) is 16.0 Å². The van der Waals surface area contributed by atoms with E-state index in [1.165, 1.54) is 16.9 Å². The molecular weight excluding hydrogens is 360 g/mol. The number of benzene rings is 1. The molecule has 0 saturated carbocycles. The van der Waals surface area contributed by atoms with Crippen molar-refractivity contribution < 1.29 is 14.3 Å². The van der Waals surface area contributed by atoms with Crippen molar-refractivity contribution in [3.8, 4) is 10.6 Å². The second kappa shape index (κ2) is 6.20. The number of carbonyl (C=O) groups is 1. The van der Waals surface area contributed by atoms with Gasteiger partial charge >= 0.3 is 5.97 Å². The fraction of sp³-hybridized carbons (Fsp3) is 0.222. The number of nitrogens with zero attached hydrogens (tertiary/aromatic N) is 2. The van der Waals surface area contributed by atoms with E-state index in [9.17, 15) is 9.90 Å². The summed E-state index contributed by atoms with van der Waals surface area (Å²) in [4.78, 5) is 18.7. The van der Waals surface area contributed by atoms with Gasteiger partial charge in [-0.05, 0) is 23.8 Å². The monoisotopic (exact) mass is 374 g/mol. The standard InChI is InChI=1S/C18H15ClN2O3S/c1-21-12-5-3-2-4-10(12)8-13(21)18-20-11(9-16(22)23)17(24-18)14-6-7-15(19)25-14/h2-7,13H,8-9H2,1H3,(H,22,23). The van der Waals surface area contributed by atoms with E-state index in [-0.39, 0.29) is 12.5 Å². The molecular formula is C18H15ClN2O3S. The molecule has 7 heteroatoms. The molecule has 1 N–H and O–H groups in total. The van der Waals surface area contributed by atoms with Crippen LogP contribution in [0.5, 0.6) is 0 Å². The Bertz CT molecular complexity index is 949. The van der Waals surface area contributed by atoms with Crippen molar-refractivity contribution in [1.29, 1.82) is 0 Å². The van der Waals surface area contributed by atoms with E-state index < -0.39 is 5.97 Å². The van der Waals surface area contributed by atoms with Crippen LogP contribution in [0.4, 0.5) is 5.69 Å². The van der Waals surface area contributed by atoms with Crippen molar-refractivity contribution in [2.24, 2.45) is 0 Å². The zero-order valence-corrected chi connectivity index (χ0v) is 15.0. The van der Waals surface area contributed by atoms with Crippen LogP contribution < -0.4 is 4.90 Å². The lowest BCUT2D eigenvalue weighted by atomic mass is 10.1. The number of anilines is 1. The smallest absolute Gasteiger partial charge is 0.309 e. The summed E-state index contributed by atoms with van der Waals surface area (Å²) >= 11 is 7.37. The van der Waals surface area contributed by atoms with Crippen LogP contribution in [0.15, 0.2) is 40.8 Å². The number of likely N-dealkylation sites (N-methyl/N-ethyl adjacent to an activating group) is 1. The highest BCUT2D eigenvalue weighted by molar-refractivity contribution is 7.19. The van der Waals surface area contributed by atoms with Crippen LogP contribution in [0.1, 0.15) is 23.2 Å². The molecule has 1 aliphatic heterocycles. The predicted octanol–water partition coefficient (Wildman–Crippen LogP) is 4.42. The number of hydrogen-bond donors (Lipinski definition) is 1. The Hall–Kier alpha value is -2.31. The van der Waals surface area contributed by atoms with E-state index in [1.807, 2.05) is 25.2 Å². The van der Waals surface area contributed by atoms with Gasteiger partial charge in [0, 0.05) is 19.2 Å². The number of carboxylic acid groups (broad SMARTS) is 1. The molecule has 0 radical (unpaired) electrons. The first-order valence-electron chi connectivity index (χ1n) is 7.81. The lowest BCUT2D eigenvalue weighted by Crippen LogP contribution is -2.20. The number of hydrogen-bond acceptors (Lipinski definition) is 5. The molecule has 0 spiro atoms. The maximum absolute atomic E-state index is 11.2. The van der Waals surface area contributed by atoms with E-state index in [1.54, 1.807) is 6.07 Å². The molecule has 1 unspecified atom stereocenters. The van der Waals surface area contributed by atoms with Gasteiger partial charge in [0.1, 0.15) is 6.04 Å². The van der Waals surface area contributed by atoms with E-state index in [0.717, 1.165) is 17.0 Å². The average Bonchev–Trinajstić information content (AvgIpc) is 3.25. The molecule has 2 aromatic heterocycles. The Morgan fingerprint density at radius 2 is 2.20 bits per heavy atom. The zero-order valence-electron chi connectivity index (χ0n) is 13.4. The first kappa shape index (κ1) is 16.2. The molecule has 5 nitrogen and oxygen atoms in total. The number of fused-ring (bicyclic) bond motifs is 1. The highest BCUT2D eigenvalue weighted by Gasteiger charge is 2.32. The highest BCUT2D eigenvalue weighted by atomic mass is 35.5. The molecule has 128 valence electrons. The first-order valence-corrected chi connectivity index (χ1v) is 9.00. The molecule has 1 aromatic carbocycles. The number of rotatable bonds is 4. The molecule has 1 aliphatic rings. The van der Waals surface area contributed by atoms with Crippen LogP contribution in [0.3, 0.4) is 0 Å². The maximum atomic E-state index is 11.2. The summed E-state index contributed by atoms with van der Waals surface area (Å²) in [7, 11) is 2.00. The number of thiophene rings is 1. The molecule has 0 amide bonds. The minimum Gasteiger partial charge on any atom is -0.481 e. The lowest BCUT2D eigenvalue weighted by Gasteiger charge is -2.19. The average molecular weight is 375 g/mol. The van der Waals surface area contributed by atoms with Gasteiger partial charge in [-0.25, -0.2) is 4.98 Å². The van der Waals surface area contributed by atoms with Crippen LogP contribution in [0, 0.1) is 0 Å². The van der Waals surface area contributed by atoms with Crippen molar-refractivity contribution in [2.75, 3.05) is 11.9 Å². The second-order valence-corrected chi connectivity index (χ2v) is 7.68. The molecule has 3 heterocycles. The second-order valence-electron chi connectivity index (χ2n) is 5.96. The Kier molecular flexibility index (Phi) is 4.01. The Balaban J connectivity index is 1.74. The SMILES string of the molecule is CN1c2ccccc2CC1c1nc(CC(=O)O)c(-c2ccc(Cl)s2)o1. The summed E-state index contributed by atoms with van der Waals surface area (Å²) in [6, 6.07) is 11.7. The summed E-state index contributed by atoms with van der Waals surface area (Å²) in [5.41, 5.74) is 2.81. The normalized spacial score (nSPS) is 16.2. The number of aromatic nitrogens is 1. The van der Waals surface area contributed by atoms with Crippen molar-refractivity contribution in [1.82, 2.24) is 4.98 Å². The fourth-order valence-corrected chi connectivity index (χ4v) is 4.24. The number of carboxylic acids is 1. The number of aliphatic carboxylic acids is 1. The largest absolute Gasteiger partial charge is 0.481 e. The molecule has 3 aromatic rings. The van der Waals surface area contributed by atoms with E-state index >= 15 is 0 Å². The van der Waals surface area contributed by atoms with E-state index in [2.05, 4.69) is 22.0 Å². The van der Waals surface area contributed by atoms with Crippen molar-refractivity contribution in [3.63, 3.8) is 0 Å². The van der Waals surface area contributed by atoms with Crippen LogP contribution >= 0.6 is 22.9 Å². The predicted molar refractivity (Wildman–Crippen MR) is 97.5 cm³/mol. The lowest BCUT2D eigenvalue weighted by molar-refractivity contribution is -0.136. The summed E-state index contributed by atoms with van der Waals surface area (Å²) in [5, 5.41) is 9.20.